The van der Waals surface area contributed by atoms with Crippen LogP contribution in [-0.2, 0) is 22.7 Å². The van der Waals surface area contributed by atoms with Crippen LogP contribution in [0.3, 0.4) is 0 Å². The van der Waals surface area contributed by atoms with Crippen molar-refractivity contribution in [2.45, 2.75) is 26.9 Å². The van der Waals surface area contributed by atoms with Gasteiger partial charge in [0.05, 0.1) is 39.6 Å². The standard InChI is InChI=1S/C26H23ClN2O4.C26H23FN2O4/c2*1-16-24(25(30)26(31)28-19-6-4-5-18(27)13-19)22-14-21(33-3)11-12-23(22)29(16)15-17-7-9-20(32-2)10-8-17/h2*4-14H,15H2,1-3H3,(H,28,31). The first-order valence-corrected chi connectivity index (χ1v) is 21.0. The van der Waals surface area contributed by atoms with Gasteiger partial charge in [0.2, 0.25) is 0 Å². The Kier molecular flexibility index (Phi) is 14.2. The number of Topliss-reactive ketones (excluding diaryl/α,β-unsaturated/α-hetero) is 2. The van der Waals surface area contributed by atoms with Crippen molar-refractivity contribution in [3.8, 4) is 23.0 Å². The van der Waals surface area contributed by atoms with E-state index in [1.165, 1.54) is 18.2 Å². The van der Waals surface area contributed by atoms with E-state index in [4.69, 9.17) is 30.5 Å². The number of nitrogens with one attached hydrogen (secondary N) is 2. The number of carbonyl (C=O) groups is 4. The lowest BCUT2D eigenvalue weighted by Gasteiger charge is -2.10. The highest BCUT2D eigenvalue weighted by molar-refractivity contribution is 6.49. The van der Waals surface area contributed by atoms with Gasteiger partial charge in [-0.2, -0.15) is 0 Å². The maximum atomic E-state index is 13.5. The quantitative estimate of drug-likeness (QED) is 0.0812. The van der Waals surface area contributed by atoms with Crippen LogP contribution >= 0.6 is 11.6 Å². The van der Waals surface area contributed by atoms with Gasteiger partial charge in [-0.05, 0) is 122 Å². The molecule has 0 spiro atoms. The number of nitrogens with zero attached hydrogens (tertiary/aromatic N) is 2. The molecular formula is C52H46ClFN4O8. The lowest BCUT2D eigenvalue weighted by molar-refractivity contribution is -0.113. The Morgan fingerprint density at radius 1 is 0.515 bits per heavy atom. The van der Waals surface area contributed by atoms with Crippen molar-refractivity contribution < 1.29 is 42.5 Å². The van der Waals surface area contributed by atoms with Gasteiger partial charge in [0, 0.05) is 62.7 Å². The summed E-state index contributed by atoms with van der Waals surface area (Å²) in [5, 5.41) is 6.88. The van der Waals surface area contributed by atoms with Gasteiger partial charge in [0.15, 0.2) is 0 Å². The summed E-state index contributed by atoms with van der Waals surface area (Å²) in [5.41, 5.74) is 6.32. The first-order valence-electron chi connectivity index (χ1n) is 20.6. The summed E-state index contributed by atoms with van der Waals surface area (Å²) in [6, 6.07) is 38.4. The van der Waals surface area contributed by atoms with Gasteiger partial charge >= 0.3 is 0 Å². The fraction of sp³-hybridized carbons (Fsp3) is 0.154. The lowest BCUT2D eigenvalue weighted by Crippen LogP contribution is -2.23. The first-order chi connectivity index (χ1) is 31.8. The molecule has 8 aromatic rings. The molecule has 0 bridgehead atoms. The van der Waals surface area contributed by atoms with Gasteiger partial charge in [0.1, 0.15) is 28.8 Å². The summed E-state index contributed by atoms with van der Waals surface area (Å²) in [7, 11) is 6.34. The van der Waals surface area contributed by atoms with Gasteiger partial charge in [-0.25, -0.2) is 4.39 Å². The highest BCUT2D eigenvalue weighted by Gasteiger charge is 2.27. The Morgan fingerprint density at radius 2 is 0.909 bits per heavy atom. The topological polar surface area (TPSA) is 139 Å². The molecule has 2 aromatic heterocycles. The Hall–Kier alpha value is -7.90. The van der Waals surface area contributed by atoms with Crippen LogP contribution in [0.15, 0.2) is 133 Å². The maximum Gasteiger partial charge on any atom is 0.296 e. The van der Waals surface area contributed by atoms with Crippen LogP contribution in [-0.4, -0.2) is 61.0 Å². The minimum absolute atomic E-state index is 0.213. The zero-order valence-corrected chi connectivity index (χ0v) is 37.8. The van der Waals surface area contributed by atoms with Crippen molar-refractivity contribution in [2.24, 2.45) is 0 Å². The summed E-state index contributed by atoms with van der Waals surface area (Å²) in [6.45, 7) is 4.67. The highest BCUT2D eigenvalue weighted by Crippen LogP contribution is 2.33. The number of hydrogen-bond donors (Lipinski definition) is 2. The smallest absolute Gasteiger partial charge is 0.296 e. The predicted molar refractivity (Wildman–Crippen MR) is 254 cm³/mol. The van der Waals surface area contributed by atoms with E-state index in [0.29, 0.717) is 63.0 Å². The summed E-state index contributed by atoms with van der Waals surface area (Å²) in [5.74, 6) is -0.702. The predicted octanol–water partition coefficient (Wildman–Crippen LogP) is 10.5. The molecular weight excluding hydrogens is 863 g/mol. The molecule has 66 heavy (non-hydrogen) atoms. The molecule has 8 rings (SSSR count). The average molecular weight is 909 g/mol. The van der Waals surface area contributed by atoms with Gasteiger partial charge in [0.25, 0.3) is 23.4 Å². The van der Waals surface area contributed by atoms with Crippen molar-refractivity contribution in [1.29, 1.82) is 0 Å². The van der Waals surface area contributed by atoms with E-state index in [9.17, 15) is 23.6 Å². The normalized spacial score (nSPS) is 10.8. The Bertz CT molecular complexity index is 2900. The zero-order valence-electron chi connectivity index (χ0n) is 37.0. The molecule has 0 unspecified atom stereocenters. The summed E-state index contributed by atoms with van der Waals surface area (Å²) in [6.07, 6.45) is 0. The number of anilines is 2. The summed E-state index contributed by atoms with van der Waals surface area (Å²) < 4.78 is 38.7. The van der Waals surface area contributed by atoms with Crippen LogP contribution < -0.4 is 29.6 Å². The molecule has 336 valence electrons. The van der Waals surface area contributed by atoms with Crippen molar-refractivity contribution in [3.05, 3.63) is 178 Å². The van der Waals surface area contributed by atoms with Crippen LogP contribution in [0, 0.1) is 19.7 Å². The van der Waals surface area contributed by atoms with Crippen molar-refractivity contribution in [3.63, 3.8) is 0 Å². The van der Waals surface area contributed by atoms with E-state index in [2.05, 4.69) is 10.6 Å². The molecule has 0 aliphatic rings. The molecule has 0 atom stereocenters. The molecule has 0 saturated heterocycles. The zero-order chi connectivity index (χ0) is 47.1. The second kappa shape index (κ2) is 20.3. The van der Waals surface area contributed by atoms with E-state index in [-0.39, 0.29) is 11.3 Å². The molecule has 2 N–H and O–H groups in total. The SMILES string of the molecule is COc1ccc(Cn2c(C)c(C(=O)C(=O)Nc3cccc(Cl)c3)c3cc(OC)ccc32)cc1.COc1ccc(Cn2c(C)c(C(=O)C(=O)Nc3cccc(F)c3)c3cc(OC)ccc32)cc1. The number of halogens is 2. The number of rotatable bonds is 14. The van der Waals surface area contributed by atoms with Crippen LogP contribution in [0.5, 0.6) is 23.0 Å². The summed E-state index contributed by atoms with van der Waals surface area (Å²) in [4.78, 5) is 52.2. The van der Waals surface area contributed by atoms with Crippen LogP contribution in [0.2, 0.25) is 5.02 Å². The summed E-state index contributed by atoms with van der Waals surface area (Å²) >= 11 is 6.00. The van der Waals surface area contributed by atoms with Crippen molar-refractivity contribution in [1.82, 2.24) is 9.13 Å². The number of benzene rings is 6. The third-order valence-electron chi connectivity index (χ3n) is 11.1. The number of aromatic nitrogens is 2. The van der Waals surface area contributed by atoms with Crippen LogP contribution in [0.1, 0.15) is 43.2 Å². The van der Waals surface area contributed by atoms with E-state index < -0.39 is 29.2 Å². The third kappa shape index (κ3) is 10.1. The molecule has 6 aromatic carbocycles. The molecule has 0 aliphatic carbocycles. The average Bonchev–Trinajstić information content (AvgIpc) is 3.75. The van der Waals surface area contributed by atoms with E-state index >= 15 is 0 Å². The number of hydrogen-bond acceptors (Lipinski definition) is 8. The molecule has 0 fully saturated rings. The second-order valence-electron chi connectivity index (χ2n) is 15.1. The third-order valence-corrected chi connectivity index (χ3v) is 11.3. The second-order valence-corrected chi connectivity index (χ2v) is 15.6. The highest BCUT2D eigenvalue weighted by atomic mass is 35.5. The molecule has 2 heterocycles. The number of methoxy groups -OCH3 is 4. The van der Waals surface area contributed by atoms with Crippen LogP contribution in [0.4, 0.5) is 15.8 Å². The van der Waals surface area contributed by atoms with E-state index in [0.717, 1.165) is 39.7 Å². The minimum atomic E-state index is -0.838. The van der Waals surface area contributed by atoms with Gasteiger partial charge in [-0.15, -0.1) is 0 Å². The van der Waals surface area contributed by atoms with Gasteiger partial charge in [-0.1, -0.05) is 48.0 Å². The number of amides is 2. The lowest BCUT2D eigenvalue weighted by atomic mass is 10.1. The Morgan fingerprint density at radius 3 is 1.30 bits per heavy atom. The van der Waals surface area contributed by atoms with Crippen LogP contribution in [0.25, 0.3) is 21.8 Å². The number of ketones is 2. The largest absolute Gasteiger partial charge is 0.497 e. The first kappa shape index (κ1) is 46.1. The number of carbonyl (C=O) groups excluding carboxylic acids is 4. The minimum Gasteiger partial charge on any atom is -0.497 e. The molecule has 2 amide bonds. The van der Waals surface area contributed by atoms with Crippen molar-refractivity contribution >= 4 is 68.2 Å². The van der Waals surface area contributed by atoms with Crippen molar-refractivity contribution in [2.75, 3.05) is 39.1 Å². The molecule has 14 heteroatoms. The Labute approximate surface area is 385 Å². The Balaban J connectivity index is 0.000000196. The monoisotopic (exact) mass is 908 g/mol. The fourth-order valence-electron chi connectivity index (χ4n) is 7.72. The molecule has 0 saturated carbocycles. The number of ether oxygens (including phenoxy) is 4. The van der Waals surface area contributed by atoms with E-state index in [1.54, 1.807) is 71.8 Å². The van der Waals surface area contributed by atoms with Gasteiger partial charge in [-0.3, -0.25) is 19.2 Å². The fourth-order valence-corrected chi connectivity index (χ4v) is 7.91. The maximum absolute atomic E-state index is 13.5. The van der Waals surface area contributed by atoms with Gasteiger partial charge < -0.3 is 38.7 Å². The van der Waals surface area contributed by atoms with E-state index in [1.807, 2.05) is 88.9 Å². The molecule has 0 aliphatic heterocycles. The molecule has 12 nitrogen and oxygen atoms in total. The molecule has 0 radical (unpaired) electrons. The number of fused-ring (bicyclic) bond motifs is 2.